The summed E-state index contributed by atoms with van der Waals surface area (Å²) in [4.78, 5) is 23.3. The Morgan fingerprint density at radius 1 is 1.29 bits per heavy atom. The molecule has 0 aliphatic rings. The van der Waals surface area contributed by atoms with Gasteiger partial charge in [0.05, 0.1) is 17.1 Å². The van der Waals surface area contributed by atoms with Gasteiger partial charge in [-0.15, -0.1) is 0 Å². The van der Waals surface area contributed by atoms with E-state index in [2.05, 4.69) is 28.2 Å². The number of carbonyl (C=O) groups excluding carboxylic acids is 2. The molecule has 0 aliphatic heterocycles. The first-order chi connectivity index (χ1) is 10.1. The zero-order chi connectivity index (χ0) is 15.7. The molecule has 0 spiro atoms. The molecule has 0 saturated carbocycles. The lowest BCUT2D eigenvalue weighted by atomic mass is 10.2. The molecule has 1 rings (SSSR count). The number of ether oxygens (including phenoxy) is 2. The van der Waals surface area contributed by atoms with E-state index in [0.29, 0.717) is 22.3 Å². The van der Waals surface area contributed by atoms with Crippen LogP contribution in [-0.2, 0) is 9.53 Å². The van der Waals surface area contributed by atoms with Crippen LogP contribution in [0.5, 0.6) is 5.75 Å². The molecule has 6 heteroatoms. The van der Waals surface area contributed by atoms with Gasteiger partial charge in [-0.3, -0.25) is 4.79 Å². The molecule has 0 fully saturated rings. The second-order valence-corrected chi connectivity index (χ2v) is 5.34. The third-order valence-corrected chi connectivity index (χ3v) is 3.44. The number of benzene rings is 1. The van der Waals surface area contributed by atoms with Crippen LogP contribution in [0.1, 0.15) is 36.5 Å². The van der Waals surface area contributed by atoms with Gasteiger partial charge in [0, 0.05) is 6.54 Å². The molecule has 0 aliphatic carbocycles. The summed E-state index contributed by atoms with van der Waals surface area (Å²) in [6.07, 6.45) is 3.10. The summed E-state index contributed by atoms with van der Waals surface area (Å²) in [5.74, 6) is -0.200. The maximum atomic E-state index is 11.8. The second kappa shape index (κ2) is 9.39. The number of hydrogen-bond donors (Lipinski definition) is 1. The van der Waals surface area contributed by atoms with Gasteiger partial charge >= 0.3 is 5.97 Å². The van der Waals surface area contributed by atoms with Crippen molar-refractivity contribution in [1.29, 1.82) is 0 Å². The highest BCUT2D eigenvalue weighted by atomic mass is 79.9. The Labute approximate surface area is 133 Å². The molecular weight excluding hydrogens is 338 g/mol. The van der Waals surface area contributed by atoms with Crippen LogP contribution in [0.25, 0.3) is 0 Å². The molecule has 0 atom stereocenters. The molecule has 21 heavy (non-hydrogen) atoms. The van der Waals surface area contributed by atoms with Crippen molar-refractivity contribution in [2.24, 2.45) is 0 Å². The number of halogens is 1. The number of amides is 1. The maximum absolute atomic E-state index is 11.8. The molecule has 0 radical (unpaired) electrons. The van der Waals surface area contributed by atoms with Gasteiger partial charge in [-0.25, -0.2) is 4.79 Å². The van der Waals surface area contributed by atoms with Crippen molar-refractivity contribution in [2.45, 2.75) is 26.2 Å². The van der Waals surface area contributed by atoms with Gasteiger partial charge < -0.3 is 14.8 Å². The fourth-order valence-electron chi connectivity index (χ4n) is 1.66. The molecule has 0 heterocycles. The number of esters is 1. The van der Waals surface area contributed by atoms with Gasteiger partial charge in [0.1, 0.15) is 5.75 Å². The first-order valence-corrected chi connectivity index (χ1v) is 7.65. The minimum absolute atomic E-state index is 0.269. The fraction of sp³-hybridized carbons (Fsp3) is 0.467. The Balaban J connectivity index is 2.39. The number of rotatable bonds is 8. The van der Waals surface area contributed by atoms with E-state index >= 15 is 0 Å². The van der Waals surface area contributed by atoms with Crippen LogP contribution in [-0.4, -0.2) is 32.1 Å². The highest BCUT2D eigenvalue weighted by Crippen LogP contribution is 2.25. The Bertz CT molecular complexity index is 491. The zero-order valence-corrected chi connectivity index (χ0v) is 13.9. The number of nitrogens with one attached hydrogen (secondary N) is 1. The predicted octanol–water partition coefficient (Wildman–Crippen LogP) is 2.92. The molecule has 0 aromatic heterocycles. The van der Waals surface area contributed by atoms with Crippen LogP contribution in [0.2, 0.25) is 0 Å². The summed E-state index contributed by atoms with van der Waals surface area (Å²) in [6.45, 7) is 2.43. The van der Waals surface area contributed by atoms with Crippen LogP contribution in [0, 0.1) is 0 Å². The van der Waals surface area contributed by atoms with Crippen LogP contribution < -0.4 is 10.1 Å². The number of methoxy groups -OCH3 is 1. The van der Waals surface area contributed by atoms with Gasteiger partial charge in [-0.2, -0.15) is 0 Å². The Hall–Kier alpha value is -1.56. The first-order valence-electron chi connectivity index (χ1n) is 6.85. The lowest BCUT2D eigenvalue weighted by Crippen LogP contribution is -2.29. The molecular formula is C15H20BrNO4. The normalized spacial score (nSPS) is 10.0. The van der Waals surface area contributed by atoms with Crippen LogP contribution in [0.3, 0.4) is 0 Å². The van der Waals surface area contributed by atoms with Gasteiger partial charge in [0.25, 0.3) is 5.91 Å². The lowest BCUT2D eigenvalue weighted by Gasteiger charge is -2.08. The summed E-state index contributed by atoms with van der Waals surface area (Å²) in [7, 11) is 1.54. The summed E-state index contributed by atoms with van der Waals surface area (Å²) < 4.78 is 10.7. The summed E-state index contributed by atoms with van der Waals surface area (Å²) in [5.41, 5.74) is 0.362. The molecule has 0 unspecified atom stereocenters. The Kier molecular flexibility index (Phi) is 7.82. The van der Waals surface area contributed by atoms with Gasteiger partial charge in [-0.05, 0) is 40.5 Å². The monoisotopic (exact) mass is 357 g/mol. The Morgan fingerprint density at radius 3 is 2.67 bits per heavy atom. The first kappa shape index (κ1) is 17.5. The minimum Gasteiger partial charge on any atom is -0.496 e. The second-order valence-electron chi connectivity index (χ2n) is 4.48. The van der Waals surface area contributed by atoms with E-state index < -0.39 is 5.97 Å². The molecule has 5 nitrogen and oxygen atoms in total. The van der Waals surface area contributed by atoms with Crippen LogP contribution >= 0.6 is 15.9 Å². The van der Waals surface area contributed by atoms with Gasteiger partial charge in [0.2, 0.25) is 0 Å². The van der Waals surface area contributed by atoms with Gasteiger partial charge in [0.15, 0.2) is 6.61 Å². The molecule has 1 N–H and O–H groups in total. The Morgan fingerprint density at radius 2 is 2.05 bits per heavy atom. The van der Waals surface area contributed by atoms with E-state index in [1.54, 1.807) is 25.3 Å². The number of hydrogen-bond acceptors (Lipinski definition) is 4. The van der Waals surface area contributed by atoms with Crippen molar-refractivity contribution in [2.75, 3.05) is 20.3 Å². The molecule has 0 saturated heterocycles. The van der Waals surface area contributed by atoms with E-state index in [1.807, 2.05) is 0 Å². The third kappa shape index (κ3) is 6.16. The predicted molar refractivity (Wildman–Crippen MR) is 83.5 cm³/mol. The number of carbonyl (C=O) groups is 2. The molecule has 1 aromatic carbocycles. The SMILES string of the molecule is CCCCCNC(=O)COC(=O)c1ccc(OC)c(Br)c1. The van der Waals surface area contributed by atoms with E-state index in [9.17, 15) is 9.59 Å². The smallest absolute Gasteiger partial charge is 0.338 e. The standard InChI is InChI=1S/C15H20BrNO4/c1-3-4-5-8-17-14(18)10-21-15(19)11-6-7-13(20-2)12(16)9-11/h6-7,9H,3-5,8,10H2,1-2H3,(H,17,18). The summed E-state index contributed by atoms with van der Waals surface area (Å²) in [6, 6.07) is 4.84. The summed E-state index contributed by atoms with van der Waals surface area (Å²) in [5, 5.41) is 2.71. The van der Waals surface area contributed by atoms with Crippen molar-refractivity contribution in [3.63, 3.8) is 0 Å². The fourth-order valence-corrected chi connectivity index (χ4v) is 2.20. The van der Waals surface area contributed by atoms with Crippen LogP contribution in [0.4, 0.5) is 0 Å². The topological polar surface area (TPSA) is 64.6 Å². The van der Waals surface area contributed by atoms with Crippen molar-refractivity contribution in [1.82, 2.24) is 5.32 Å². The van der Waals surface area contributed by atoms with Crippen molar-refractivity contribution in [3.8, 4) is 5.75 Å². The molecule has 116 valence electrons. The van der Waals surface area contributed by atoms with Crippen molar-refractivity contribution in [3.05, 3.63) is 28.2 Å². The van der Waals surface area contributed by atoms with Crippen molar-refractivity contribution >= 4 is 27.8 Å². The van der Waals surface area contributed by atoms with E-state index in [4.69, 9.17) is 9.47 Å². The molecule has 1 aromatic rings. The number of unbranched alkanes of at least 4 members (excludes halogenated alkanes) is 2. The van der Waals surface area contributed by atoms with Crippen molar-refractivity contribution < 1.29 is 19.1 Å². The van der Waals surface area contributed by atoms with E-state index in [1.165, 1.54) is 0 Å². The maximum Gasteiger partial charge on any atom is 0.338 e. The summed E-state index contributed by atoms with van der Waals surface area (Å²) >= 11 is 3.29. The largest absolute Gasteiger partial charge is 0.496 e. The highest BCUT2D eigenvalue weighted by Gasteiger charge is 2.12. The highest BCUT2D eigenvalue weighted by molar-refractivity contribution is 9.10. The quantitative estimate of drug-likeness (QED) is 0.573. The van der Waals surface area contributed by atoms with Gasteiger partial charge in [-0.1, -0.05) is 19.8 Å². The molecule has 0 bridgehead atoms. The van der Waals surface area contributed by atoms with E-state index in [0.717, 1.165) is 19.3 Å². The minimum atomic E-state index is -0.540. The average Bonchev–Trinajstić information content (AvgIpc) is 2.49. The lowest BCUT2D eigenvalue weighted by molar-refractivity contribution is -0.124. The third-order valence-electron chi connectivity index (χ3n) is 2.82. The average molecular weight is 358 g/mol. The van der Waals surface area contributed by atoms with E-state index in [-0.39, 0.29) is 12.5 Å². The molecule has 1 amide bonds. The zero-order valence-electron chi connectivity index (χ0n) is 12.3. The van der Waals surface area contributed by atoms with Crippen LogP contribution in [0.15, 0.2) is 22.7 Å².